The lowest BCUT2D eigenvalue weighted by atomic mass is 10.0. The zero-order chi connectivity index (χ0) is 17.9. The fourth-order valence-electron chi connectivity index (χ4n) is 2.79. The molecule has 0 spiro atoms. The van der Waals surface area contributed by atoms with Crippen molar-refractivity contribution in [2.75, 3.05) is 12.3 Å². The van der Waals surface area contributed by atoms with Gasteiger partial charge in [0.25, 0.3) is 0 Å². The maximum Gasteiger partial charge on any atom is 0.214 e. The number of terminal acetylenes is 1. The van der Waals surface area contributed by atoms with Gasteiger partial charge in [-0.15, -0.1) is 12.3 Å². The highest BCUT2D eigenvalue weighted by Gasteiger charge is 2.27. The molecule has 0 saturated heterocycles. The summed E-state index contributed by atoms with van der Waals surface area (Å²) in [7, 11) is -3.34. The van der Waals surface area contributed by atoms with E-state index < -0.39 is 10.0 Å². The minimum atomic E-state index is -3.34. The first-order valence-electron chi connectivity index (χ1n) is 8.02. The summed E-state index contributed by atoms with van der Waals surface area (Å²) in [6.07, 6.45) is 6.62. The molecule has 25 heavy (non-hydrogen) atoms. The summed E-state index contributed by atoms with van der Waals surface area (Å²) in [4.78, 5) is 0. The second-order valence-corrected chi connectivity index (χ2v) is 8.00. The molecule has 2 aromatic rings. The summed E-state index contributed by atoms with van der Waals surface area (Å²) in [6.45, 7) is 0.674. The predicted octanol–water partition coefficient (Wildman–Crippen LogP) is 2.38. The SMILES string of the molecule is C#CCCCS(=O)(=O)N1CCc2nnc(-c3ccc(F)cc3)cc2C1. The van der Waals surface area contributed by atoms with Crippen molar-refractivity contribution in [2.24, 2.45) is 0 Å². The Kier molecular flexibility index (Phi) is 5.11. The van der Waals surface area contributed by atoms with E-state index in [2.05, 4.69) is 16.1 Å². The van der Waals surface area contributed by atoms with E-state index >= 15 is 0 Å². The molecule has 0 saturated carbocycles. The molecule has 130 valence electrons. The number of rotatable bonds is 5. The van der Waals surface area contributed by atoms with E-state index in [4.69, 9.17) is 6.42 Å². The third kappa shape index (κ3) is 4.03. The van der Waals surface area contributed by atoms with Gasteiger partial charge in [-0.2, -0.15) is 14.5 Å². The van der Waals surface area contributed by atoms with Crippen LogP contribution in [0.3, 0.4) is 0 Å². The topological polar surface area (TPSA) is 63.2 Å². The molecular formula is C18H18FN3O2S. The lowest BCUT2D eigenvalue weighted by molar-refractivity contribution is 0.386. The van der Waals surface area contributed by atoms with Gasteiger partial charge in [0.15, 0.2) is 0 Å². The Morgan fingerprint density at radius 3 is 2.72 bits per heavy atom. The van der Waals surface area contributed by atoms with Crippen LogP contribution in [0.5, 0.6) is 0 Å². The molecule has 5 nitrogen and oxygen atoms in total. The lowest BCUT2D eigenvalue weighted by Crippen LogP contribution is -2.37. The zero-order valence-electron chi connectivity index (χ0n) is 13.7. The number of halogens is 1. The predicted molar refractivity (Wildman–Crippen MR) is 93.4 cm³/mol. The van der Waals surface area contributed by atoms with Crippen LogP contribution in [0.25, 0.3) is 11.3 Å². The lowest BCUT2D eigenvalue weighted by Gasteiger charge is -2.27. The van der Waals surface area contributed by atoms with Crippen molar-refractivity contribution >= 4 is 10.0 Å². The first-order chi connectivity index (χ1) is 12.0. The van der Waals surface area contributed by atoms with Crippen molar-refractivity contribution in [1.82, 2.24) is 14.5 Å². The second-order valence-electron chi connectivity index (χ2n) is 5.92. The molecule has 3 rings (SSSR count). The Labute approximate surface area is 146 Å². The van der Waals surface area contributed by atoms with Gasteiger partial charge in [-0.05, 0) is 42.3 Å². The summed E-state index contributed by atoms with van der Waals surface area (Å²) in [6, 6.07) is 7.81. The third-order valence-electron chi connectivity index (χ3n) is 4.16. The molecule has 0 fully saturated rings. The smallest absolute Gasteiger partial charge is 0.212 e. The van der Waals surface area contributed by atoms with E-state index in [1.807, 2.05) is 6.07 Å². The van der Waals surface area contributed by atoms with E-state index in [1.54, 1.807) is 12.1 Å². The normalized spacial score (nSPS) is 14.7. The van der Waals surface area contributed by atoms with E-state index in [1.165, 1.54) is 16.4 Å². The average Bonchev–Trinajstić information content (AvgIpc) is 2.61. The first-order valence-corrected chi connectivity index (χ1v) is 9.63. The number of sulfonamides is 1. The van der Waals surface area contributed by atoms with Gasteiger partial charge in [-0.25, -0.2) is 12.8 Å². The molecule has 0 bridgehead atoms. The van der Waals surface area contributed by atoms with Crippen molar-refractivity contribution in [3.63, 3.8) is 0 Å². The highest BCUT2D eigenvalue weighted by Crippen LogP contribution is 2.24. The molecule has 1 aromatic heterocycles. The summed E-state index contributed by atoms with van der Waals surface area (Å²) >= 11 is 0. The molecule has 0 aliphatic carbocycles. The minimum absolute atomic E-state index is 0.0515. The van der Waals surface area contributed by atoms with Crippen LogP contribution in [0, 0.1) is 18.2 Å². The Hall–Kier alpha value is -2.30. The van der Waals surface area contributed by atoms with Crippen LogP contribution in [0.2, 0.25) is 0 Å². The van der Waals surface area contributed by atoms with E-state index in [-0.39, 0.29) is 18.1 Å². The standard InChI is InChI=1S/C18H18FN3O2S/c1-2-3-4-11-25(23,24)22-10-9-17-15(13-22)12-18(21-20-17)14-5-7-16(19)8-6-14/h1,5-8,12H,3-4,9-11,13H2. The number of nitrogens with zero attached hydrogens (tertiary/aromatic N) is 3. The fraction of sp³-hybridized carbons (Fsp3) is 0.333. The quantitative estimate of drug-likeness (QED) is 0.607. The first kappa shape index (κ1) is 17.5. The minimum Gasteiger partial charge on any atom is -0.212 e. The number of benzene rings is 1. The van der Waals surface area contributed by atoms with Crippen LogP contribution in [0.1, 0.15) is 24.1 Å². The molecule has 0 N–H and O–H groups in total. The Morgan fingerprint density at radius 2 is 2.00 bits per heavy atom. The van der Waals surface area contributed by atoms with Gasteiger partial charge in [-0.3, -0.25) is 0 Å². The van der Waals surface area contributed by atoms with Crippen LogP contribution < -0.4 is 0 Å². The highest BCUT2D eigenvalue weighted by atomic mass is 32.2. The monoisotopic (exact) mass is 359 g/mol. The highest BCUT2D eigenvalue weighted by molar-refractivity contribution is 7.89. The van der Waals surface area contributed by atoms with Crippen LogP contribution in [0.15, 0.2) is 30.3 Å². The molecule has 1 aromatic carbocycles. The van der Waals surface area contributed by atoms with Crippen LogP contribution in [0.4, 0.5) is 4.39 Å². The molecule has 2 heterocycles. The van der Waals surface area contributed by atoms with Crippen LogP contribution >= 0.6 is 0 Å². The number of unbranched alkanes of at least 4 members (excludes halogenated alkanes) is 1. The second kappa shape index (κ2) is 7.30. The van der Waals surface area contributed by atoms with Crippen molar-refractivity contribution in [3.05, 3.63) is 47.4 Å². The van der Waals surface area contributed by atoms with Gasteiger partial charge in [0.1, 0.15) is 5.82 Å². The Bertz CT molecular complexity index is 905. The molecular weight excluding hydrogens is 341 g/mol. The summed E-state index contributed by atoms with van der Waals surface area (Å²) in [5.74, 6) is 2.19. The Balaban J connectivity index is 1.81. The van der Waals surface area contributed by atoms with Crippen LogP contribution in [-0.4, -0.2) is 35.2 Å². The molecule has 7 heteroatoms. The van der Waals surface area contributed by atoms with Gasteiger partial charge < -0.3 is 0 Å². The average molecular weight is 359 g/mol. The van der Waals surface area contributed by atoms with Crippen LogP contribution in [-0.2, 0) is 23.0 Å². The third-order valence-corrected chi connectivity index (χ3v) is 6.06. The molecule has 0 atom stereocenters. The van der Waals surface area contributed by atoms with E-state index in [9.17, 15) is 12.8 Å². The Morgan fingerprint density at radius 1 is 1.24 bits per heavy atom. The van der Waals surface area contributed by atoms with Gasteiger partial charge in [0.05, 0.1) is 17.1 Å². The van der Waals surface area contributed by atoms with E-state index in [0.29, 0.717) is 31.5 Å². The van der Waals surface area contributed by atoms with Gasteiger partial charge >= 0.3 is 0 Å². The molecule has 0 amide bonds. The van der Waals surface area contributed by atoms with Crippen molar-refractivity contribution in [2.45, 2.75) is 25.8 Å². The summed E-state index contributed by atoms with van der Waals surface area (Å²) < 4.78 is 39.4. The van der Waals surface area contributed by atoms with Crippen molar-refractivity contribution in [3.8, 4) is 23.6 Å². The summed E-state index contributed by atoms with van der Waals surface area (Å²) in [5.41, 5.74) is 2.98. The molecule has 0 radical (unpaired) electrons. The largest absolute Gasteiger partial charge is 0.214 e. The van der Waals surface area contributed by atoms with E-state index in [0.717, 1.165) is 16.8 Å². The maximum absolute atomic E-state index is 13.1. The molecule has 0 unspecified atom stereocenters. The maximum atomic E-state index is 13.1. The van der Waals surface area contributed by atoms with Crippen molar-refractivity contribution in [1.29, 1.82) is 0 Å². The molecule has 1 aliphatic heterocycles. The number of fused-ring (bicyclic) bond motifs is 1. The van der Waals surface area contributed by atoms with Gasteiger partial charge in [0.2, 0.25) is 10.0 Å². The zero-order valence-corrected chi connectivity index (χ0v) is 14.5. The van der Waals surface area contributed by atoms with Gasteiger partial charge in [-0.1, -0.05) is 0 Å². The van der Waals surface area contributed by atoms with Gasteiger partial charge in [0, 0.05) is 31.5 Å². The summed E-state index contributed by atoms with van der Waals surface area (Å²) in [5, 5.41) is 8.40. The van der Waals surface area contributed by atoms with Crippen molar-refractivity contribution < 1.29 is 12.8 Å². The number of aromatic nitrogens is 2. The number of hydrogen-bond donors (Lipinski definition) is 0. The fourth-order valence-corrected chi connectivity index (χ4v) is 4.26. The molecule has 1 aliphatic rings. The number of hydrogen-bond acceptors (Lipinski definition) is 4.